The normalized spacial score (nSPS) is 13.9. The molecule has 5 nitrogen and oxygen atoms in total. The Morgan fingerprint density at radius 1 is 0.933 bits per heavy atom. The predicted octanol–water partition coefficient (Wildman–Crippen LogP) is 5.11. The molecule has 1 saturated heterocycles. The molecule has 5 heteroatoms. The number of hydrogen-bond acceptors (Lipinski definition) is 4. The van der Waals surface area contributed by atoms with Gasteiger partial charge in [0.25, 0.3) is 5.91 Å². The van der Waals surface area contributed by atoms with E-state index in [0.717, 1.165) is 12.1 Å². The van der Waals surface area contributed by atoms with Gasteiger partial charge in [-0.2, -0.15) is 0 Å². The zero-order valence-electron chi connectivity index (χ0n) is 17.2. The van der Waals surface area contributed by atoms with Gasteiger partial charge >= 0.3 is 0 Å². The van der Waals surface area contributed by atoms with Crippen LogP contribution in [0.25, 0.3) is 0 Å². The van der Waals surface area contributed by atoms with E-state index >= 15 is 0 Å². The number of carbonyl (C=O) groups excluding carboxylic acids is 1. The number of aryl methyl sites for hydroxylation is 1. The van der Waals surface area contributed by atoms with Crippen LogP contribution in [0, 0.1) is 0 Å². The maximum Gasteiger partial charge on any atom is 0.255 e. The van der Waals surface area contributed by atoms with Crippen LogP contribution in [0.3, 0.4) is 0 Å². The third-order valence-corrected chi connectivity index (χ3v) is 5.45. The number of aromatic nitrogens is 1. The molecule has 0 spiro atoms. The minimum Gasteiger partial charge on any atom is -0.338 e. The lowest BCUT2D eigenvalue weighted by molar-refractivity contribution is 0.102. The summed E-state index contributed by atoms with van der Waals surface area (Å²) in [7, 11) is 0. The van der Waals surface area contributed by atoms with Crippen LogP contribution >= 0.6 is 0 Å². The van der Waals surface area contributed by atoms with Crippen LogP contribution in [0.5, 0.6) is 0 Å². The number of carbonyl (C=O) groups is 1. The van der Waals surface area contributed by atoms with Crippen molar-refractivity contribution in [3.05, 3.63) is 84.1 Å². The van der Waals surface area contributed by atoms with E-state index in [0.29, 0.717) is 17.1 Å². The van der Waals surface area contributed by atoms with Gasteiger partial charge in [-0.15, -0.1) is 0 Å². The van der Waals surface area contributed by atoms with E-state index < -0.39 is 0 Å². The Labute approximate surface area is 178 Å². The van der Waals surface area contributed by atoms with E-state index in [1.54, 1.807) is 18.3 Å². The smallest absolute Gasteiger partial charge is 0.255 e. The summed E-state index contributed by atoms with van der Waals surface area (Å²) in [5, 5.41) is 6.27. The highest BCUT2D eigenvalue weighted by molar-refractivity contribution is 6.05. The number of hydrogen-bond donors (Lipinski definition) is 2. The molecule has 2 N–H and O–H groups in total. The van der Waals surface area contributed by atoms with Crippen molar-refractivity contribution in [1.82, 2.24) is 9.88 Å². The van der Waals surface area contributed by atoms with Crippen LogP contribution in [0.15, 0.2) is 72.9 Å². The Bertz CT molecular complexity index is 950. The maximum absolute atomic E-state index is 12.5. The average molecular weight is 401 g/mol. The van der Waals surface area contributed by atoms with Gasteiger partial charge in [-0.05, 0) is 87.3 Å². The molecule has 2 aromatic carbocycles. The lowest BCUT2D eigenvalue weighted by atomic mass is 10.1. The third kappa shape index (κ3) is 5.45. The molecule has 2 heterocycles. The van der Waals surface area contributed by atoms with Gasteiger partial charge in [-0.25, -0.2) is 4.98 Å². The van der Waals surface area contributed by atoms with Crippen molar-refractivity contribution in [3.63, 3.8) is 0 Å². The van der Waals surface area contributed by atoms with Gasteiger partial charge in [0.2, 0.25) is 0 Å². The first-order valence-electron chi connectivity index (χ1n) is 10.7. The van der Waals surface area contributed by atoms with Crippen LogP contribution in [-0.4, -0.2) is 35.4 Å². The topological polar surface area (TPSA) is 57.3 Å². The van der Waals surface area contributed by atoms with Crippen molar-refractivity contribution in [2.45, 2.75) is 25.7 Å². The molecular formula is C25H28N4O. The number of amides is 1. The van der Waals surface area contributed by atoms with E-state index in [9.17, 15) is 4.79 Å². The molecule has 0 bridgehead atoms. The number of nitrogens with zero attached hydrogens (tertiary/aromatic N) is 2. The molecule has 1 fully saturated rings. The molecule has 0 atom stereocenters. The average Bonchev–Trinajstić information content (AvgIpc) is 3.30. The maximum atomic E-state index is 12.5. The highest BCUT2D eigenvalue weighted by Crippen LogP contribution is 2.24. The fraction of sp³-hybridized carbons (Fsp3) is 0.280. The third-order valence-electron chi connectivity index (χ3n) is 5.45. The Morgan fingerprint density at radius 2 is 1.70 bits per heavy atom. The molecule has 1 amide bonds. The zero-order valence-corrected chi connectivity index (χ0v) is 17.2. The lowest BCUT2D eigenvalue weighted by Gasteiger charge is -2.14. The number of anilines is 3. The van der Waals surface area contributed by atoms with Gasteiger partial charge in [0.1, 0.15) is 0 Å². The number of nitrogens with one attached hydrogen (secondary N) is 2. The van der Waals surface area contributed by atoms with Gasteiger partial charge in [-0.3, -0.25) is 4.79 Å². The first-order chi connectivity index (χ1) is 14.8. The van der Waals surface area contributed by atoms with E-state index in [-0.39, 0.29) is 5.91 Å². The van der Waals surface area contributed by atoms with E-state index in [2.05, 4.69) is 44.8 Å². The van der Waals surface area contributed by atoms with Gasteiger partial charge in [-0.1, -0.05) is 30.3 Å². The molecule has 154 valence electrons. The predicted molar refractivity (Wildman–Crippen MR) is 122 cm³/mol. The molecule has 3 aromatic rings. The van der Waals surface area contributed by atoms with E-state index in [4.69, 9.17) is 0 Å². The molecule has 0 unspecified atom stereocenters. The Morgan fingerprint density at radius 3 is 2.47 bits per heavy atom. The van der Waals surface area contributed by atoms with Gasteiger partial charge in [0.05, 0.1) is 5.69 Å². The summed E-state index contributed by atoms with van der Waals surface area (Å²) in [5.74, 6) is 0.476. The Balaban J connectivity index is 1.35. The molecule has 30 heavy (non-hydrogen) atoms. The monoisotopic (exact) mass is 400 g/mol. The summed E-state index contributed by atoms with van der Waals surface area (Å²) in [5.41, 5.74) is 3.57. The summed E-state index contributed by atoms with van der Waals surface area (Å²) >= 11 is 0. The highest BCUT2D eigenvalue weighted by atomic mass is 16.1. The zero-order chi connectivity index (χ0) is 20.6. The summed E-state index contributed by atoms with van der Waals surface area (Å²) in [6, 6.07) is 21.3. The lowest BCUT2D eigenvalue weighted by Crippen LogP contribution is -2.20. The highest BCUT2D eigenvalue weighted by Gasteiger charge is 2.11. The SMILES string of the molecule is O=C(Nc1cccnc1Nc1ccc(CCCN2CCCC2)cc1)c1ccccc1. The van der Waals surface area contributed by atoms with Crippen molar-refractivity contribution in [1.29, 1.82) is 0 Å². The van der Waals surface area contributed by atoms with Gasteiger partial charge in [0, 0.05) is 17.4 Å². The molecule has 0 saturated carbocycles. The quantitative estimate of drug-likeness (QED) is 0.552. The van der Waals surface area contributed by atoms with Crippen molar-refractivity contribution in [3.8, 4) is 0 Å². The first kappa shape index (κ1) is 20.1. The second kappa shape index (κ2) is 10.0. The van der Waals surface area contributed by atoms with Crippen molar-refractivity contribution >= 4 is 23.1 Å². The summed E-state index contributed by atoms with van der Waals surface area (Å²) < 4.78 is 0. The summed E-state index contributed by atoms with van der Waals surface area (Å²) in [6.07, 6.45) is 6.71. The Kier molecular flexibility index (Phi) is 6.72. The fourth-order valence-electron chi connectivity index (χ4n) is 3.79. The first-order valence-corrected chi connectivity index (χ1v) is 10.7. The van der Waals surface area contributed by atoms with Gasteiger partial charge in [0.15, 0.2) is 5.82 Å². The molecule has 0 radical (unpaired) electrons. The van der Waals surface area contributed by atoms with E-state index in [1.165, 1.54) is 44.5 Å². The van der Waals surface area contributed by atoms with Crippen LogP contribution in [0.4, 0.5) is 17.2 Å². The molecule has 4 rings (SSSR count). The fourth-order valence-corrected chi connectivity index (χ4v) is 3.79. The summed E-state index contributed by atoms with van der Waals surface area (Å²) in [6.45, 7) is 3.71. The standard InChI is InChI=1S/C25H28N4O/c30-25(21-9-2-1-3-10-21)28-23-11-6-16-26-24(23)27-22-14-12-20(13-15-22)8-7-19-29-17-4-5-18-29/h1-3,6,9-16H,4-5,7-8,17-19H2,(H,26,27)(H,28,30). The second-order valence-corrected chi connectivity index (χ2v) is 7.69. The molecule has 1 aliphatic rings. The number of rotatable bonds is 8. The molecular weight excluding hydrogens is 372 g/mol. The van der Waals surface area contributed by atoms with Crippen molar-refractivity contribution < 1.29 is 4.79 Å². The van der Waals surface area contributed by atoms with E-state index in [1.807, 2.05) is 30.3 Å². The largest absolute Gasteiger partial charge is 0.338 e. The van der Waals surface area contributed by atoms with Crippen molar-refractivity contribution in [2.24, 2.45) is 0 Å². The second-order valence-electron chi connectivity index (χ2n) is 7.69. The number of benzene rings is 2. The minimum absolute atomic E-state index is 0.153. The molecule has 1 aliphatic heterocycles. The summed E-state index contributed by atoms with van der Waals surface area (Å²) in [4.78, 5) is 19.5. The molecule has 0 aliphatic carbocycles. The van der Waals surface area contributed by atoms with Crippen LogP contribution in [0.1, 0.15) is 35.2 Å². The number of likely N-dealkylation sites (tertiary alicyclic amines) is 1. The molecule has 1 aromatic heterocycles. The van der Waals surface area contributed by atoms with Crippen LogP contribution in [0.2, 0.25) is 0 Å². The van der Waals surface area contributed by atoms with Crippen LogP contribution in [-0.2, 0) is 6.42 Å². The Hall–Kier alpha value is -3.18. The van der Waals surface area contributed by atoms with Gasteiger partial charge < -0.3 is 15.5 Å². The van der Waals surface area contributed by atoms with Crippen molar-refractivity contribution in [2.75, 3.05) is 30.3 Å². The minimum atomic E-state index is -0.153. The number of pyridine rings is 1. The van der Waals surface area contributed by atoms with Crippen LogP contribution < -0.4 is 10.6 Å².